The SMILES string of the molecule is CCN1C(=O)C(CC)(CC)c2cc3[nH]c4c(c3cc21)CCC/C(=C(\C)N)C4=N. The molecule has 1 aliphatic carbocycles. The first-order chi connectivity index (χ1) is 13.4. The Kier molecular flexibility index (Phi) is 4.36. The highest BCUT2D eigenvalue weighted by Crippen LogP contribution is 2.48. The van der Waals surface area contributed by atoms with E-state index in [4.69, 9.17) is 11.1 Å². The Bertz CT molecular complexity index is 1020. The monoisotopic (exact) mass is 378 g/mol. The van der Waals surface area contributed by atoms with E-state index in [2.05, 4.69) is 31.0 Å². The summed E-state index contributed by atoms with van der Waals surface area (Å²) < 4.78 is 0. The second kappa shape index (κ2) is 6.50. The number of aromatic nitrogens is 1. The van der Waals surface area contributed by atoms with Crippen LogP contribution in [0.5, 0.6) is 0 Å². The lowest BCUT2D eigenvalue weighted by Crippen LogP contribution is -2.39. The molecule has 5 nitrogen and oxygen atoms in total. The molecule has 0 unspecified atom stereocenters. The number of benzene rings is 1. The third-order valence-corrected chi connectivity index (χ3v) is 6.89. The zero-order chi connectivity index (χ0) is 20.2. The largest absolute Gasteiger partial charge is 0.402 e. The molecule has 28 heavy (non-hydrogen) atoms. The van der Waals surface area contributed by atoms with Gasteiger partial charge in [-0.3, -0.25) is 10.2 Å². The molecule has 0 atom stereocenters. The van der Waals surface area contributed by atoms with Crippen LogP contribution in [0.3, 0.4) is 0 Å². The molecule has 0 spiro atoms. The fourth-order valence-electron chi connectivity index (χ4n) is 5.21. The van der Waals surface area contributed by atoms with Crippen LogP contribution in [-0.2, 0) is 16.6 Å². The molecule has 2 aromatic rings. The van der Waals surface area contributed by atoms with Gasteiger partial charge in [-0.25, -0.2) is 0 Å². The molecule has 4 N–H and O–H groups in total. The van der Waals surface area contributed by atoms with Gasteiger partial charge in [-0.1, -0.05) is 13.8 Å². The number of H-pyrrole nitrogens is 1. The molecule has 0 fully saturated rings. The van der Waals surface area contributed by atoms with Crippen LogP contribution in [-0.4, -0.2) is 23.1 Å². The van der Waals surface area contributed by atoms with Crippen LogP contribution < -0.4 is 10.6 Å². The minimum absolute atomic E-state index is 0.227. The molecule has 148 valence electrons. The fraction of sp³-hybridized carbons (Fsp3) is 0.478. The number of hydrogen-bond acceptors (Lipinski definition) is 3. The summed E-state index contributed by atoms with van der Waals surface area (Å²) in [5.41, 5.74) is 13.1. The highest BCUT2D eigenvalue weighted by molar-refractivity contribution is 6.15. The molecular formula is C23H30N4O. The molecule has 0 saturated carbocycles. The van der Waals surface area contributed by atoms with E-state index in [9.17, 15) is 4.79 Å². The van der Waals surface area contributed by atoms with Gasteiger partial charge in [0.1, 0.15) is 0 Å². The zero-order valence-corrected chi connectivity index (χ0v) is 17.3. The number of anilines is 1. The van der Waals surface area contributed by atoms with Gasteiger partial charge in [0.2, 0.25) is 5.91 Å². The van der Waals surface area contributed by atoms with Crippen LogP contribution in [0.2, 0.25) is 0 Å². The number of carbonyl (C=O) groups excluding carboxylic acids is 1. The van der Waals surface area contributed by atoms with Crippen LogP contribution in [0.1, 0.15) is 70.2 Å². The molecule has 4 rings (SSSR count). The molecule has 0 radical (unpaired) electrons. The van der Waals surface area contributed by atoms with E-state index in [0.29, 0.717) is 12.3 Å². The summed E-state index contributed by atoms with van der Waals surface area (Å²) in [6, 6.07) is 4.36. The molecule has 0 bridgehead atoms. The number of aromatic amines is 1. The van der Waals surface area contributed by atoms with Crippen LogP contribution >= 0.6 is 0 Å². The van der Waals surface area contributed by atoms with Crippen molar-refractivity contribution < 1.29 is 4.79 Å². The van der Waals surface area contributed by atoms with E-state index in [-0.39, 0.29) is 5.91 Å². The fourth-order valence-corrected chi connectivity index (χ4v) is 5.21. The van der Waals surface area contributed by atoms with E-state index in [0.717, 1.165) is 71.2 Å². The lowest BCUT2D eigenvalue weighted by molar-refractivity contribution is -0.123. The van der Waals surface area contributed by atoms with Gasteiger partial charge in [0.25, 0.3) is 0 Å². The van der Waals surface area contributed by atoms with Crippen LogP contribution in [0.4, 0.5) is 5.69 Å². The van der Waals surface area contributed by atoms with Crippen molar-refractivity contribution in [3.63, 3.8) is 0 Å². The summed E-state index contributed by atoms with van der Waals surface area (Å²) in [7, 11) is 0. The Morgan fingerprint density at radius 3 is 2.57 bits per heavy atom. The maximum Gasteiger partial charge on any atom is 0.237 e. The second-order valence-electron chi connectivity index (χ2n) is 8.12. The number of nitrogens with two attached hydrogens (primary N) is 1. The molecular weight excluding hydrogens is 348 g/mol. The molecule has 2 heterocycles. The van der Waals surface area contributed by atoms with Crippen LogP contribution in [0, 0.1) is 5.41 Å². The first-order valence-corrected chi connectivity index (χ1v) is 10.4. The Morgan fingerprint density at radius 1 is 1.25 bits per heavy atom. The van der Waals surface area contributed by atoms with E-state index in [1.54, 1.807) is 0 Å². The van der Waals surface area contributed by atoms with Gasteiger partial charge in [0.15, 0.2) is 0 Å². The number of hydrogen-bond donors (Lipinski definition) is 3. The maximum atomic E-state index is 13.3. The Hall–Kier alpha value is -2.56. The average Bonchev–Trinajstić information content (AvgIpc) is 3.08. The zero-order valence-electron chi connectivity index (χ0n) is 17.3. The highest BCUT2D eigenvalue weighted by Gasteiger charge is 2.48. The second-order valence-corrected chi connectivity index (χ2v) is 8.12. The van der Waals surface area contributed by atoms with E-state index < -0.39 is 5.41 Å². The molecule has 1 aromatic carbocycles. The number of aryl methyl sites for hydroxylation is 1. The number of amides is 1. The molecule has 1 amide bonds. The van der Waals surface area contributed by atoms with Crippen molar-refractivity contribution in [3.05, 3.63) is 40.2 Å². The predicted molar refractivity (Wildman–Crippen MR) is 115 cm³/mol. The normalized spacial score (nSPS) is 20.4. The number of carbonyl (C=O) groups is 1. The number of fused-ring (bicyclic) bond motifs is 4. The Labute approximate surface area is 166 Å². The maximum absolute atomic E-state index is 13.3. The van der Waals surface area contributed by atoms with Gasteiger partial charge in [-0.2, -0.15) is 0 Å². The summed E-state index contributed by atoms with van der Waals surface area (Å²) in [6.45, 7) is 8.82. The summed E-state index contributed by atoms with van der Waals surface area (Å²) in [5.74, 6) is 0.227. The average molecular weight is 379 g/mol. The van der Waals surface area contributed by atoms with E-state index in [1.807, 2.05) is 18.7 Å². The number of allylic oxidation sites excluding steroid dienone is 2. The van der Waals surface area contributed by atoms with Gasteiger partial charge >= 0.3 is 0 Å². The minimum atomic E-state index is -0.436. The topological polar surface area (TPSA) is 86.0 Å². The lowest BCUT2D eigenvalue weighted by atomic mass is 9.76. The number of rotatable bonds is 3. The van der Waals surface area contributed by atoms with Crippen molar-refractivity contribution in [2.75, 3.05) is 11.4 Å². The summed E-state index contributed by atoms with van der Waals surface area (Å²) >= 11 is 0. The lowest BCUT2D eigenvalue weighted by Gasteiger charge is -2.25. The molecule has 1 aromatic heterocycles. The van der Waals surface area contributed by atoms with E-state index >= 15 is 0 Å². The highest BCUT2D eigenvalue weighted by atomic mass is 16.2. The van der Waals surface area contributed by atoms with Gasteiger partial charge in [-0.05, 0) is 74.8 Å². The van der Waals surface area contributed by atoms with Crippen molar-refractivity contribution >= 4 is 28.2 Å². The molecule has 5 heteroatoms. The Morgan fingerprint density at radius 2 is 1.96 bits per heavy atom. The first kappa shape index (κ1) is 18.8. The summed E-state index contributed by atoms with van der Waals surface area (Å²) in [5, 5.41) is 9.86. The number of nitrogens with zero attached hydrogens (tertiary/aromatic N) is 1. The number of likely N-dealkylation sites (N-methyl/N-ethyl adjacent to an activating group) is 1. The summed E-state index contributed by atoms with van der Waals surface area (Å²) in [4.78, 5) is 18.7. The smallest absolute Gasteiger partial charge is 0.237 e. The predicted octanol–water partition coefficient (Wildman–Crippen LogP) is 4.53. The molecule has 0 saturated heterocycles. The van der Waals surface area contributed by atoms with Crippen molar-refractivity contribution in [2.24, 2.45) is 5.73 Å². The Balaban J connectivity index is 1.98. The number of nitrogens with one attached hydrogen (secondary N) is 2. The third-order valence-electron chi connectivity index (χ3n) is 6.89. The van der Waals surface area contributed by atoms with Crippen molar-refractivity contribution in [1.82, 2.24) is 4.98 Å². The van der Waals surface area contributed by atoms with Crippen LogP contribution in [0.15, 0.2) is 23.4 Å². The minimum Gasteiger partial charge on any atom is -0.402 e. The van der Waals surface area contributed by atoms with Crippen LogP contribution in [0.25, 0.3) is 10.9 Å². The quantitative estimate of drug-likeness (QED) is 0.685. The van der Waals surface area contributed by atoms with Gasteiger partial charge in [0, 0.05) is 28.8 Å². The van der Waals surface area contributed by atoms with Crippen molar-refractivity contribution in [3.8, 4) is 0 Å². The third kappa shape index (κ3) is 2.31. The van der Waals surface area contributed by atoms with Crippen molar-refractivity contribution in [2.45, 2.75) is 65.2 Å². The molecule has 2 aliphatic rings. The van der Waals surface area contributed by atoms with Gasteiger partial charge in [-0.15, -0.1) is 0 Å². The molecule has 1 aliphatic heterocycles. The van der Waals surface area contributed by atoms with Gasteiger partial charge in [0.05, 0.1) is 16.8 Å². The first-order valence-electron chi connectivity index (χ1n) is 10.4. The van der Waals surface area contributed by atoms with Crippen molar-refractivity contribution in [1.29, 1.82) is 5.41 Å². The van der Waals surface area contributed by atoms with Gasteiger partial charge < -0.3 is 15.6 Å². The standard InChI is InChI=1S/C23H30N4O/c1-5-23(6-2)17-12-18-16(11-19(17)27(7-3)22(23)28)15-10-8-9-14(13(4)24)20(25)21(15)26-18/h11-12,25-26H,5-10,24H2,1-4H3/b14-13-,25-20?. The van der Waals surface area contributed by atoms with E-state index in [1.165, 1.54) is 5.56 Å². The summed E-state index contributed by atoms with van der Waals surface area (Å²) in [6.07, 6.45) is 4.33.